The third-order valence-corrected chi connectivity index (χ3v) is 5.29. The molecule has 126 valence electrons. The summed E-state index contributed by atoms with van der Waals surface area (Å²) in [5.41, 5.74) is 0.682. The highest BCUT2D eigenvalue weighted by Crippen LogP contribution is 2.33. The molecule has 0 bridgehead atoms. The molecule has 1 unspecified atom stereocenters. The van der Waals surface area contributed by atoms with Crippen molar-refractivity contribution in [3.05, 3.63) is 46.5 Å². The number of hydrogen-bond donors (Lipinski definition) is 0. The summed E-state index contributed by atoms with van der Waals surface area (Å²) in [4.78, 5) is 14.9. The highest BCUT2D eigenvalue weighted by Gasteiger charge is 2.34. The second-order valence-electron chi connectivity index (χ2n) is 6.60. The number of halogens is 1. The van der Waals surface area contributed by atoms with Gasteiger partial charge in [0, 0.05) is 30.1 Å². The zero-order valence-corrected chi connectivity index (χ0v) is 14.4. The molecule has 0 saturated carbocycles. The molecule has 2 aromatic rings. The molecule has 0 spiro atoms. The van der Waals surface area contributed by atoms with E-state index in [2.05, 4.69) is 14.8 Å². The smallest absolute Gasteiger partial charge is 0.254 e. The van der Waals surface area contributed by atoms with Crippen molar-refractivity contribution >= 4 is 17.5 Å². The summed E-state index contributed by atoms with van der Waals surface area (Å²) in [6.45, 7) is 1.74. The zero-order chi connectivity index (χ0) is 16.5. The van der Waals surface area contributed by atoms with Gasteiger partial charge in [0.15, 0.2) is 5.82 Å². The molecule has 6 heteroatoms. The molecule has 0 N–H and O–H groups in total. The summed E-state index contributed by atoms with van der Waals surface area (Å²) in [5, 5.41) is 9.50. The number of likely N-dealkylation sites (tertiary alicyclic amines) is 1. The third-order valence-electron chi connectivity index (χ3n) is 5.04. The highest BCUT2D eigenvalue weighted by atomic mass is 35.5. The van der Waals surface area contributed by atoms with Gasteiger partial charge in [-0.05, 0) is 49.9 Å². The lowest BCUT2D eigenvalue weighted by molar-refractivity contribution is 0.0727. The molecular formula is C18H21ClN4O. The van der Waals surface area contributed by atoms with E-state index >= 15 is 0 Å². The van der Waals surface area contributed by atoms with Crippen molar-refractivity contribution in [2.75, 3.05) is 6.54 Å². The lowest BCUT2D eigenvalue weighted by Gasteiger charge is -2.24. The van der Waals surface area contributed by atoms with Crippen LogP contribution < -0.4 is 0 Å². The van der Waals surface area contributed by atoms with Crippen molar-refractivity contribution in [1.29, 1.82) is 0 Å². The molecule has 0 aliphatic carbocycles. The number of aromatic nitrogens is 3. The minimum Gasteiger partial charge on any atom is -0.328 e. The van der Waals surface area contributed by atoms with Gasteiger partial charge in [-0.15, -0.1) is 10.2 Å². The minimum atomic E-state index is 0.0347. The van der Waals surface area contributed by atoms with Crippen LogP contribution in [0.15, 0.2) is 24.3 Å². The summed E-state index contributed by atoms with van der Waals surface area (Å²) in [5.74, 6) is 2.10. The molecule has 2 aliphatic rings. The molecule has 1 atom stereocenters. The van der Waals surface area contributed by atoms with E-state index in [9.17, 15) is 4.79 Å². The quantitative estimate of drug-likeness (QED) is 0.835. The van der Waals surface area contributed by atoms with Crippen molar-refractivity contribution in [2.24, 2.45) is 0 Å². The monoisotopic (exact) mass is 344 g/mol. The summed E-state index contributed by atoms with van der Waals surface area (Å²) < 4.78 is 2.26. The van der Waals surface area contributed by atoms with E-state index in [1.807, 2.05) is 4.90 Å². The number of benzene rings is 1. The number of fused-ring (bicyclic) bond motifs is 1. The molecule has 1 aromatic heterocycles. The average molecular weight is 345 g/mol. The number of hydrogen-bond acceptors (Lipinski definition) is 3. The van der Waals surface area contributed by atoms with Crippen molar-refractivity contribution < 1.29 is 4.79 Å². The average Bonchev–Trinajstić information content (AvgIpc) is 3.16. The van der Waals surface area contributed by atoms with E-state index in [1.54, 1.807) is 24.3 Å². The van der Waals surface area contributed by atoms with Crippen LogP contribution in [0.1, 0.15) is 60.2 Å². The zero-order valence-electron chi connectivity index (χ0n) is 13.6. The molecule has 1 fully saturated rings. The van der Waals surface area contributed by atoms with E-state index in [0.717, 1.165) is 50.4 Å². The molecule has 4 rings (SSSR count). The van der Waals surface area contributed by atoms with E-state index in [-0.39, 0.29) is 11.9 Å². The number of aryl methyl sites for hydroxylation is 1. The first-order chi connectivity index (χ1) is 11.7. The van der Waals surface area contributed by atoms with Gasteiger partial charge in [-0.3, -0.25) is 4.79 Å². The Kier molecular flexibility index (Phi) is 4.27. The van der Waals surface area contributed by atoms with Crippen molar-refractivity contribution in [1.82, 2.24) is 19.7 Å². The predicted octanol–water partition coefficient (Wildman–Crippen LogP) is 3.64. The Morgan fingerprint density at radius 1 is 1.04 bits per heavy atom. The third kappa shape index (κ3) is 2.81. The predicted molar refractivity (Wildman–Crippen MR) is 92.0 cm³/mol. The molecule has 1 saturated heterocycles. The Bertz CT molecular complexity index is 740. The van der Waals surface area contributed by atoms with Gasteiger partial charge in [0.05, 0.1) is 6.04 Å². The molecule has 1 aromatic carbocycles. The van der Waals surface area contributed by atoms with Gasteiger partial charge in [0.1, 0.15) is 5.82 Å². The number of carbonyl (C=O) groups excluding carboxylic acids is 1. The van der Waals surface area contributed by atoms with E-state index in [4.69, 9.17) is 11.6 Å². The fraction of sp³-hybridized carbons (Fsp3) is 0.500. The number of nitrogens with zero attached hydrogens (tertiary/aromatic N) is 4. The van der Waals surface area contributed by atoms with Gasteiger partial charge in [-0.1, -0.05) is 18.0 Å². The molecule has 24 heavy (non-hydrogen) atoms. The van der Waals surface area contributed by atoms with Crippen LogP contribution in [0.4, 0.5) is 0 Å². The second kappa shape index (κ2) is 6.55. The van der Waals surface area contributed by atoms with Crippen molar-refractivity contribution in [2.45, 2.75) is 51.1 Å². The Morgan fingerprint density at radius 2 is 1.88 bits per heavy atom. The summed E-state index contributed by atoms with van der Waals surface area (Å²) in [7, 11) is 0. The van der Waals surface area contributed by atoms with Crippen LogP contribution in [-0.4, -0.2) is 32.1 Å². The van der Waals surface area contributed by atoms with Crippen molar-refractivity contribution in [3.63, 3.8) is 0 Å². The van der Waals surface area contributed by atoms with Gasteiger partial charge in [0.25, 0.3) is 5.91 Å². The highest BCUT2D eigenvalue weighted by molar-refractivity contribution is 6.30. The Morgan fingerprint density at radius 3 is 2.71 bits per heavy atom. The first kappa shape index (κ1) is 15.6. The van der Waals surface area contributed by atoms with Crippen LogP contribution in [-0.2, 0) is 13.0 Å². The molecule has 2 aliphatic heterocycles. The van der Waals surface area contributed by atoms with Crippen LogP contribution in [0.3, 0.4) is 0 Å². The van der Waals surface area contributed by atoms with Gasteiger partial charge in [-0.25, -0.2) is 0 Å². The Balaban J connectivity index is 1.62. The molecular weight excluding hydrogens is 324 g/mol. The Labute approximate surface area is 146 Å². The maximum atomic E-state index is 12.9. The summed E-state index contributed by atoms with van der Waals surface area (Å²) in [6.07, 6.45) is 6.53. The van der Waals surface area contributed by atoms with Crippen LogP contribution >= 0.6 is 11.6 Å². The fourth-order valence-corrected chi connectivity index (χ4v) is 3.92. The molecule has 3 heterocycles. The van der Waals surface area contributed by atoms with Crippen LogP contribution in [0.25, 0.3) is 0 Å². The summed E-state index contributed by atoms with van der Waals surface area (Å²) >= 11 is 5.93. The van der Waals surface area contributed by atoms with E-state index < -0.39 is 0 Å². The van der Waals surface area contributed by atoms with Gasteiger partial charge >= 0.3 is 0 Å². The first-order valence-corrected chi connectivity index (χ1v) is 9.10. The maximum absolute atomic E-state index is 12.9. The van der Waals surface area contributed by atoms with Crippen LogP contribution in [0, 0.1) is 0 Å². The van der Waals surface area contributed by atoms with Crippen LogP contribution in [0.5, 0.6) is 0 Å². The largest absolute Gasteiger partial charge is 0.328 e. The fourth-order valence-electron chi connectivity index (χ4n) is 3.79. The molecule has 0 radical (unpaired) electrons. The number of rotatable bonds is 2. The summed E-state index contributed by atoms with van der Waals surface area (Å²) in [6, 6.07) is 7.16. The Hall–Kier alpha value is -1.88. The van der Waals surface area contributed by atoms with E-state index in [0.29, 0.717) is 10.6 Å². The topological polar surface area (TPSA) is 51.0 Å². The van der Waals surface area contributed by atoms with E-state index in [1.165, 1.54) is 12.8 Å². The number of carbonyl (C=O) groups is 1. The van der Waals surface area contributed by atoms with Gasteiger partial charge in [-0.2, -0.15) is 0 Å². The first-order valence-electron chi connectivity index (χ1n) is 8.72. The van der Waals surface area contributed by atoms with Gasteiger partial charge < -0.3 is 9.47 Å². The maximum Gasteiger partial charge on any atom is 0.254 e. The van der Waals surface area contributed by atoms with Crippen LogP contribution in [0.2, 0.25) is 5.02 Å². The standard InChI is InChI=1S/C18H21ClN4O/c19-14-9-7-13(8-10-14)18(24)22-12-4-5-15(22)17-21-20-16-6-2-1-3-11-23(16)17/h7-10,15H,1-6,11-12H2. The second-order valence-corrected chi connectivity index (χ2v) is 7.04. The minimum absolute atomic E-state index is 0.0347. The van der Waals surface area contributed by atoms with Gasteiger partial charge in [0.2, 0.25) is 0 Å². The normalized spacial score (nSPS) is 20.7. The lowest BCUT2D eigenvalue weighted by Crippen LogP contribution is -2.32. The molecule has 1 amide bonds. The lowest BCUT2D eigenvalue weighted by atomic mass is 10.1. The molecule has 5 nitrogen and oxygen atoms in total. The SMILES string of the molecule is O=C(c1ccc(Cl)cc1)N1CCCC1c1nnc2n1CCCCC2. The number of amides is 1. The van der Waals surface area contributed by atoms with Crippen molar-refractivity contribution in [3.8, 4) is 0 Å².